The van der Waals surface area contributed by atoms with Crippen LogP contribution in [0, 0.1) is 0 Å². The number of fused-ring (bicyclic) bond motifs is 1. The summed E-state index contributed by atoms with van der Waals surface area (Å²) < 4.78 is 45.0. The lowest BCUT2D eigenvalue weighted by molar-refractivity contribution is -0.275. The molecule has 3 aromatic rings. The quantitative estimate of drug-likeness (QED) is 0.632. The summed E-state index contributed by atoms with van der Waals surface area (Å²) in [4.78, 5) is 25.6. The molecule has 0 saturated heterocycles. The van der Waals surface area contributed by atoms with Gasteiger partial charge in [-0.1, -0.05) is 30.3 Å². The number of aliphatic hydroxyl groups excluding tert-OH is 2. The van der Waals surface area contributed by atoms with Gasteiger partial charge in [0.05, 0.1) is 10.9 Å². The van der Waals surface area contributed by atoms with E-state index in [2.05, 4.69) is 4.74 Å². The molecular weight excluding hydrogens is 405 g/mol. The number of aryl methyl sites for hydroxylation is 1. The number of rotatable bonds is 6. The monoisotopic (exact) mass is 424 g/mol. The zero-order valence-corrected chi connectivity index (χ0v) is 15.9. The van der Waals surface area contributed by atoms with E-state index in [-0.39, 0.29) is 36.0 Å². The number of aromatic nitrogens is 2. The fourth-order valence-corrected chi connectivity index (χ4v) is 3.31. The van der Waals surface area contributed by atoms with Crippen LogP contribution in [0.5, 0.6) is 5.75 Å². The van der Waals surface area contributed by atoms with Gasteiger partial charge < -0.3 is 14.9 Å². The minimum Gasteiger partial charge on any atom is -0.405 e. The molecule has 1 aromatic heterocycles. The lowest BCUT2D eigenvalue weighted by atomic mass is 9.97. The molecule has 1 unspecified atom stereocenters. The van der Waals surface area contributed by atoms with Gasteiger partial charge >= 0.3 is 12.1 Å². The first kappa shape index (κ1) is 21.6. The Morgan fingerprint density at radius 2 is 1.77 bits per heavy atom. The van der Waals surface area contributed by atoms with Crippen molar-refractivity contribution < 1.29 is 28.1 Å². The highest BCUT2D eigenvalue weighted by molar-refractivity contribution is 5.85. The normalized spacial score (nSPS) is 12.9. The maximum Gasteiger partial charge on any atom is 0.573 e. The molecule has 0 aliphatic rings. The van der Waals surface area contributed by atoms with Crippen molar-refractivity contribution in [2.45, 2.75) is 25.4 Å². The molecule has 2 aromatic carbocycles. The Labute approximate surface area is 168 Å². The number of alkyl halides is 3. The van der Waals surface area contributed by atoms with Crippen molar-refractivity contribution in [3.63, 3.8) is 0 Å². The van der Waals surface area contributed by atoms with E-state index in [0.29, 0.717) is 0 Å². The summed E-state index contributed by atoms with van der Waals surface area (Å²) in [6.07, 6.45) is -6.59. The van der Waals surface area contributed by atoms with E-state index < -0.39 is 35.0 Å². The van der Waals surface area contributed by atoms with Crippen molar-refractivity contribution >= 4 is 10.9 Å². The maximum absolute atomic E-state index is 13.1. The van der Waals surface area contributed by atoms with E-state index >= 15 is 0 Å². The van der Waals surface area contributed by atoms with Gasteiger partial charge in [0.1, 0.15) is 11.9 Å². The highest BCUT2D eigenvalue weighted by atomic mass is 19.4. The number of benzene rings is 2. The molecule has 7 nitrogen and oxygen atoms in total. The summed E-state index contributed by atoms with van der Waals surface area (Å²) in [6, 6.07) is 9.95. The van der Waals surface area contributed by atoms with Gasteiger partial charge in [-0.2, -0.15) is 0 Å². The highest BCUT2D eigenvalue weighted by Gasteiger charge is 2.34. The van der Waals surface area contributed by atoms with Crippen LogP contribution in [0.3, 0.4) is 0 Å². The molecule has 0 aliphatic carbocycles. The molecule has 3 rings (SSSR count). The molecule has 0 radical (unpaired) electrons. The summed E-state index contributed by atoms with van der Waals surface area (Å²) in [5.41, 5.74) is -1.67. The van der Waals surface area contributed by atoms with E-state index in [4.69, 9.17) is 5.11 Å². The Balaban J connectivity index is 2.40. The summed E-state index contributed by atoms with van der Waals surface area (Å²) in [5.74, 6) is -0.740. The van der Waals surface area contributed by atoms with Crippen LogP contribution in [0.2, 0.25) is 0 Å². The molecule has 0 aliphatic heterocycles. The van der Waals surface area contributed by atoms with Gasteiger partial charge in [-0.05, 0) is 24.1 Å². The van der Waals surface area contributed by atoms with E-state index in [1.807, 2.05) is 0 Å². The third kappa shape index (κ3) is 4.10. The summed E-state index contributed by atoms with van der Waals surface area (Å²) in [5, 5.41) is 19.7. The van der Waals surface area contributed by atoms with Crippen LogP contribution >= 0.6 is 0 Å². The van der Waals surface area contributed by atoms with Gasteiger partial charge in [0, 0.05) is 25.8 Å². The minimum absolute atomic E-state index is 0.0461. The lowest BCUT2D eigenvalue weighted by Gasteiger charge is -2.21. The molecule has 1 atom stereocenters. The van der Waals surface area contributed by atoms with Crippen LogP contribution in [-0.2, 0) is 13.6 Å². The molecular formula is C20H19F3N2O5. The maximum atomic E-state index is 13.1. The zero-order valence-electron chi connectivity index (χ0n) is 15.9. The Bertz CT molecular complexity index is 1170. The Morgan fingerprint density at radius 3 is 2.37 bits per heavy atom. The van der Waals surface area contributed by atoms with Crippen LogP contribution in [0.1, 0.15) is 23.7 Å². The molecule has 30 heavy (non-hydrogen) atoms. The second kappa shape index (κ2) is 8.33. The van der Waals surface area contributed by atoms with Gasteiger partial charge in [-0.25, -0.2) is 4.79 Å². The predicted molar refractivity (Wildman–Crippen MR) is 102 cm³/mol. The molecule has 0 bridgehead atoms. The number of ether oxygens (including phenoxy) is 1. The van der Waals surface area contributed by atoms with E-state index in [0.717, 1.165) is 21.3 Å². The second-order valence-electron chi connectivity index (χ2n) is 6.61. The average Bonchev–Trinajstić information content (AvgIpc) is 2.71. The third-order valence-corrected chi connectivity index (χ3v) is 4.68. The second-order valence-corrected chi connectivity index (χ2v) is 6.61. The Kier molecular flexibility index (Phi) is 5.99. The lowest BCUT2D eigenvalue weighted by Crippen LogP contribution is -2.40. The van der Waals surface area contributed by atoms with Crippen molar-refractivity contribution in [1.82, 2.24) is 9.13 Å². The first-order valence-corrected chi connectivity index (χ1v) is 9.01. The van der Waals surface area contributed by atoms with E-state index in [9.17, 15) is 27.9 Å². The molecule has 0 amide bonds. The zero-order chi connectivity index (χ0) is 22.1. The molecule has 2 N–H and O–H groups in total. The molecule has 0 spiro atoms. The fourth-order valence-electron chi connectivity index (χ4n) is 3.31. The number of hydrogen-bond donors (Lipinski definition) is 2. The van der Waals surface area contributed by atoms with Gasteiger partial charge in [0.15, 0.2) is 0 Å². The van der Waals surface area contributed by atoms with Crippen molar-refractivity contribution in [2.24, 2.45) is 7.05 Å². The summed E-state index contributed by atoms with van der Waals surface area (Å²) in [6.45, 7) is -0.423. The number of halogens is 3. The van der Waals surface area contributed by atoms with Gasteiger partial charge in [0.25, 0.3) is 5.56 Å². The molecule has 1 heterocycles. The molecule has 10 heteroatoms. The van der Waals surface area contributed by atoms with Crippen molar-refractivity contribution in [3.8, 4) is 5.75 Å². The van der Waals surface area contributed by atoms with Crippen molar-refractivity contribution in [2.75, 3.05) is 6.61 Å². The van der Waals surface area contributed by atoms with E-state index in [1.165, 1.54) is 19.2 Å². The third-order valence-electron chi connectivity index (χ3n) is 4.68. The molecule has 160 valence electrons. The van der Waals surface area contributed by atoms with Crippen LogP contribution in [0.15, 0.2) is 52.1 Å². The minimum atomic E-state index is -5.06. The van der Waals surface area contributed by atoms with Crippen LogP contribution < -0.4 is 16.0 Å². The Hall–Kier alpha value is -3.11. The van der Waals surface area contributed by atoms with Gasteiger partial charge in [-0.15, -0.1) is 13.2 Å². The smallest absolute Gasteiger partial charge is 0.405 e. The van der Waals surface area contributed by atoms with Crippen LogP contribution in [-0.4, -0.2) is 32.3 Å². The summed E-state index contributed by atoms with van der Waals surface area (Å²) >= 11 is 0. The average molecular weight is 424 g/mol. The van der Waals surface area contributed by atoms with Crippen molar-refractivity contribution in [1.29, 1.82) is 0 Å². The SMILES string of the molecule is Cn1c(=O)n(CCCO)c(=O)c2c(C(O)c3ccccc3)c(OC(F)(F)F)ccc21. The first-order chi connectivity index (χ1) is 14.2. The highest BCUT2D eigenvalue weighted by Crippen LogP contribution is 2.37. The summed E-state index contributed by atoms with van der Waals surface area (Å²) in [7, 11) is 1.36. The standard InChI is InChI=1S/C20H19F3N2O5/c1-24-13-8-9-14(30-20(21,22)23)16(17(27)12-6-3-2-4-7-12)15(13)18(28)25(19(24)29)10-5-11-26/h2-4,6-9,17,26-27H,5,10-11H2,1H3. The van der Waals surface area contributed by atoms with E-state index in [1.54, 1.807) is 18.2 Å². The number of aliphatic hydroxyl groups is 2. The molecule has 0 saturated carbocycles. The largest absolute Gasteiger partial charge is 0.573 e. The van der Waals surface area contributed by atoms with Crippen LogP contribution in [0.25, 0.3) is 10.9 Å². The predicted octanol–water partition coefficient (Wildman–Crippen LogP) is 2.06. The fraction of sp³-hybridized carbons (Fsp3) is 0.300. The van der Waals surface area contributed by atoms with Crippen molar-refractivity contribution in [3.05, 3.63) is 74.4 Å². The number of hydrogen-bond acceptors (Lipinski definition) is 5. The first-order valence-electron chi connectivity index (χ1n) is 9.01. The topological polar surface area (TPSA) is 93.7 Å². The molecule has 0 fully saturated rings. The Morgan fingerprint density at radius 1 is 1.10 bits per heavy atom. The van der Waals surface area contributed by atoms with Gasteiger partial charge in [0.2, 0.25) is 0 Å². The number of nitrogens with zero attached hydrogens (tertiary/aromatic N) is 2. The van der Waals surface area contributed by atoms with Gasteiger partial charge in [-0.3, -0.25) is 13.9 Å². The van der Waals surface area contributed by atoms with Crippen LogP contribution in [0.4, 0.5) is 13.2 Å².